The summed E-state index contributed by atoms with van der Waals surface area (Å²) in [4.78, 5) is 4.48. The van der Waals surface area contributed by atoms with Gasteiger partial charge in [0.25, 0.3) is 0 Å². The van der Waals surface area contributed by atoms with Crippen molar-refractivity contribution < 1.29 is 4.39 Å². The van der Waals surface area contributed by atoms with Crippen LogP contribution in [0.5, 0.6) is 0 Å². The van der Waals surface area contributed by atoms with E-state index in [-0.39, 0.29) is 11.7 Å². The second kappa shape index (κ2) is 5.99. The Morgan fingerprint density at radius 1 is 1.10 bits per heavy atom. The Labute approximate surface area is 150 Å². The van der Waals surface area contributed by atoms with Gasteiger partial charge in [-0.15, -0.1) is 11.6 Å². The maximum atomic E-state index is 13.9. The van der Waals surface area contributed by atoms with Crippen molar-refractivity contribution in [3.05, 3.63) is 55.4 Å². The normalized spacial score (nSPS) is 11.3. The largest absolute Gasteiger partial charge is 0.294 e. The van der Waals surface area contributed by atoms with E-state index < -0.39 is 0 Å². The van der Waals surface area contributed by atoms with Gasteiger partial charge in [0.05, 0.1) is 27.1 Å². The van der Waals surface area contributed by atoms with Crippen LogP contribution >= 0.6 is 59.4 Å². The van der Waals surface area contributed by atoms with Crippen LogP contribution in [-0.4, -0.2) is 9.55 Å². The highest BCUT2D eigenvalue weighted by Crippen LogP contribution is 2.32. The molecule has 0 fully saturated rings. The number of alkyl halides is 1. The van der Waals surface area contributed by atoms with Crippen LogP contribution in [0.3, 0.4) is 0 Å². The van der Waals surface area contributed by atoms with Crippen LogP contribution in [0.1, 0.15) is 5.82 Å². The maximum absolute atomic E-state index is 13.9. The molecule has 0 radical (unpaired) electrons. The first kappa shape index (κ1) is 15.5. The first-order valence-corrected chi connectivity index (χ1v) is 8.80. The number of nitrogens with zero attached hydrogens (tertiary/aromatic N) is 2. The molecule has 3 rings (SSSR count). The summed E-state index contributed by atoms with van der Waals surface area (Å²) in [6.45, 7) is 0. The van der Waals surface area contributed by atoms with E-state index in [1.54, 1.807) is 6.07 Å². The highest BCUT2D eigenvalue weighted by Gasteiger charge is 2.16. The Kier molecular flexibility index (Phi) is 4.41. The average molecular weight is 497 g/mol. The van der Waals surface area contributed by atoms with Crippen molar-refractivity contribution in [1.82, 2.24) is 9.55 Å². The lowest BCUT2D eigenvalue weighted by molar-refractivity contribution is 0.622. The molecule has 0 bridgehead atoms. The van der Waals surface area contributed by atoms with Gasteiger partial charge in [-0.3, -0.25) is 4.57 Å². The highest BCUT2D eigenvalue weighted by molar-refractivity contribution is 9.11. The molecular formula is C14H7Br3ClFN2. The van der Waals surface area contributed by atoms with Crippen LogP contribution in [-0.2, 0) is 5.88 Å². The summed E-state index contributed by atoms with van der Waals surface area (Å²) in [5.41, 5.74) is 2.21. The predicted molar refractivity (Wildman–Crippen MR) is 93.7 cm³/mol. The van der Waals surface area contributed by atoms with Crippen molar-refractivity contribution in [3.63, 3.8) is 0 Å². The van der Waals surface area contributed by atoms with Gasteiger partial charge in [0.2, 0.25) is 0 Å². The number of aromatic nitrogens is 2. The van der Waals surface area contributed by atoms with Gasteiger partial charge < -0.3 is 0 Å². The molecular weight excluding hydrogens is 490 g/mol. The summed E-state index contributed by atoms with van der Waals surface area (Å²) < 4.78 is 17.9. The van der Waals surface area contributed by atoms with Crippen LogP contribution < -0.4 is 0 Å². The first-order chi connectivity index (χ1) is 10.0. The lowest BCUT2D eigenvalue weighted by Crippen LogP contribution is -2.00. The van der Waals surface area contributed by atoms with Gasteiger partial charge in [0.15, 0.2) is 0 Å². The van der Waals surface area contributed by atoms with Crippen LogP contribution in [0.4, 0.5) is 4.39 Å². The molecule has 3 aromatic rings. The highest BCUT2D eigenvalue weighted by atomic mass is 79.9. The third kappa shape index (κ3) is 2.79. The summed E-state index contributed by atoms with van der Waals surface area (Å²) in [5.74, 6) is 0.547. The van der Waals surface area contributed by atoms with Crippen LogP contribution in [0.2, 0.25) is 0 Å². The van der Waals surface area contributed by atoms with E-state index in [2.05, 4.69) is 52.8 Å². The molecule has 21 heavy (non-hydrogen) atoms. The van der Waals surface area contributed by atoms with E-state index in [0.717, 1.165) is 14.6 Å². The molecule has 0 unspecified atom stereocenters. The van der Waals surface area contributed by atoms with Crippen LogP contribution in [0.25, 0.3) is 16.7 Å². The molecule has 0 aliphatic heterocycles. The fourth-order valence-corrected chi connectivity index (χ4v) is 3.42. The number of hydrogen-bond acceptors (Lipinski definition) is 1. The van der Waals surface area contributed by atoms with E-state index in [1.807, 2.05) is 22.8 Å². The van der Waals surface area contributed by atoms with Gasteiger partial charge in [0, 0.05) is 15.0 Å². The SMILES string of the molecule is Fc1cc2c(cc1Br)nc(CCl)n2-c1cc(Br)ccc1Br. The molecule has 0 aliphatic carbocycles. The summed E-state index contributed by atoms with van der Waals surface area (Å²) in [6.07, 6.45) is 0. The Bertz CT molecular complexity index is 848. The second-order valence-electron chi connectivity index (χ2n) is 4.35. The van der Waals surface area contributed by atoms with E-state index in [1.165, 1.54) is 6.07 Å². The molecule has 7 heteroatoms. The molecule has 0 atom stereocenters. The second-order valence-corrected chi connectivity index (χ2v) is 7.24. The summed E-state index contributed by atoms with van der Waals surface area (Å²) in [6, 6.07) is 8.88. The van der Waals surface area contributed by atoms with E-state index in [0.29, 0.717) is 21.3 Å². The third-order valence-corrected chi connectivity index (χ3v) is 5.05. The van der Waals surface area contributed by atoms with Crippen LogP contribution in [0.15, 0.2) is 43.7 Å². The predicted octanol–water partition coefficient (Wildman–Crippen LogP) is 6.19. The van der Waals surface area contributed by atoms with Gasteiger partial charge in [-0.05, 0) is 56.1 Å². The molecule has 1 aromatic heterocycles. The minimum absolute atomic E-state index is 0.229. The smallest absolute Gasteiger partial charge is 0.139 e. The average Bonchev–Trinajstić information content (AvgIpc) is 2.79. The molecule has 0 saturated heterocycles. The van der Waals surface area contributed by atoms with Gasteiger partial charge in [0.1, 0.15) is 11.6 Å². The maximum Gasteiger partial charge on any atom is 0.139 e. The van der Waals surface area contributed by atoms with E-state index >= 15 is 0 Å². The summed E-state index contributed by atoms with van der Waals surface area (Å²) >= 11 is 16.2. The number of halogens is 5. The zero-order chi connectivity index (χ0) is 15.1. The molecule has 1 heterocycles. The van der Waals surface area contributed by atoms with Crippen molar-refractivity contribution >= 4 is 70.4 Å². The van der Waals surface area contributed by atoms with Gasteiger partial charge in [-0.25, -0.2) is 9.37 Å². The number of fused-ring (bicyclic) bond motifs is 1. The van der Waals surface area contributed by atoms with E-state index in [4.69, 9.17) is 11.6 Å². The lowest BCUT2D eigenvalue weighted by atomic mass is 10.2. The van der Waals surface area contributed by atoms with Gasteiger partial charge in [-0.1, -0.05) is 15.9 Å². The zero-order valence-electron chi connectivity index (χ0n) is 10.4. The van der Waals surface area contributed by atoms with Crippen molar-refractivity contribution in [2.24, 2.45) is 0 Å². The number of rotatable bonds is 2. The van der Waals surface area contributed by atoms with Crippen molar-refractivity contribution in [2.75, 3.05) is 0 Å². The molecule has 0 amide bonds. The Morgan fingerprint density at radius 3 is 2.57 bits per heavy atom. The van der Waals surface area contributed by atoms with Gasteiger partial charge >= 0.3 is 0 Å². The Hall–Kier alpha value is -0.430. The van der Waals surface area contributed by atoms with Crippen molar-refractivity contribution in [2.45, 2.75) is 5.88 Å². The standard InChI is InChI=1S/C14H7Br3ClFN2/c15-7-1-2-8(16)12(3-7)21-13-5-10(19)9(17)4-11(13)20-14(21)6-18/h1-5H,6H2. The molecule has 0 spiro atoms. The van der Waals surface area contributed by atoms with Crippen molar-refractivity contribution in [3.8, 4) is 5.69 Å². The molecule has 2 aromatic carbocycles. The van der Waals surface area contributed by atoms with Gasteiger partial charge in [-0.2, -0.15) is 0 Å². The number of benzene rings is 2. The number of imidazole rings is 1. The van der Waals surface area contributed by atoms with Crippen LogP contribution in [0, 0.1) is 5.82 Å². The molecule has 0 N–H and O–H groups in total. The summed E-state index contributed by atoms with van der Waals surface area (Å²) in [5, 5.41) is 0. The summed E-state index contributed by atoms with van der Waals surface area (Å²) in [7, 11) is 0. The Balaban J connectivity index is 2.40. The molecule has 0 aliphatic rings. The molecule has 0 saturated carbocycles. The lowest BCUT2D eigenvalue weighted by Gasteiger charge is -2.11. The molecule has 108 valence electrons. The Morgan fingerprint density at radius 2 is 1.86 bits per heavy atom. The molecule has 2 nitrogen and oxygen atoms in total. The topological polar surface area (TPSA) is 17.8 Å². The van der Waals surface area contributed by atoms with Crippen molar-refractivity contribution in [1.29, 1.82) is 0 Å². The first-order valence-electron chi connectivity index (χ1n) is 5.89. The third-order valence-electron chi connectivity index (χ3n) is 3.03. The fourth-order valence-electron chi connectivity index (χ4n) is 2.14. The zero-order valence-corrected chi connectivity index (χ0v) is 15.9. The van der Waals surface area contributed by atoms with E-state index in [9.17, 15) is 4.39 Å². The minimum Gasteiger partial charge on any atom is -0.294 e. The number of hydrogen-bond donors (Lipinski definition) is 0. The quantitative estimate of drug-likeness (QED) is 0.386. The minimum atomic E-state index is -0.337. The fraction of sp³-hybridized carbons (Fsp3) is 0.0714. The monoisotopic (exact) mass is 494 g/mol.